The summed E-state index contributed by atoms with van der Waals surface area (Å²) in [5.74, 6) is -1.36. The van der Waals surface area contributed by atoms with Crippen molar-refractivity contribution < 1.29 is 18.7 Å². The SMILES string of the molecule is CCC[C@@H](C(N)=O)N1C(=O)[C@H](Cc2ccc(F)cc2)O[C@@H](c2ccc(Cl)c(Cl)c2)[C@H]1c1ccc(Cl)cc1. The van der Waals surface area contributed by atoms with Gasteiger partial charge >= 0.3 is 0 Å². The van der Waals surface area contributed by atoms with Crippen LogP contribution in [-0.4, -0.2) is 28.9 Å². The minimum Gasteiger partial charge on any atom is -0.368 e. The monoisotopic (exact) mass is 562 g/mol. The van der Waals surface area contributed by atoms with Gasteiger partial charge in [0.15, 0.2) is 0 Å². The van der Waals surface area contributed by atoms with Crippen LogP contribution in [0.4, 0.5) is 4.39 Å². The third kappa shape index (κ3) is 6.10. The van der Waals surface area contributed by atoms with E-state index in [1.54, 1.807) is 59.5 Å². The molecule has 9 heteroatoms. The molecule has 0 aliphatic carbocycles. The van der Waals surface area contributed by atoms with Gasteiger partial charge in [-0.3, -0.25) is 9.59 Å². The largest absolute Gasteiger partial charge is 0.368 e. The number of hydrogen-bond acceptors (Lipinski definition) is 3. The molecule has 1 aliphatic rings. The van der Waals surface area contributed by atoms with Gasteiger partial charge in [0.05, 0.1) is 16.1 Å². The van der Waals surface area contributed by atoms with E-state index in [0.717, 1.165) is 5.56 Å². The highest BCUT2D eigenvalue weighted by atomic mass is 35.5. The Labute approximate surface area is 230 Å². The average Bonchev–Trinajstić information content (AvgIpc) is 2.87. The Morgan fingerprint density at radius 1 is 1.00 bits per heavy atom. The van der Waals surface area contributed by atoms with Gasteiger partial charge in [0, 0.05) is 11.4 Å². The molecule has 2 N–H and O–H groups in total. The molecule has 3 aromatic carbocycles. The second kappa shape index (κ2) is 11.8. The van der Waals surface area contributed by atoms with E-state index in [9.17, 15) is 14.0 Å². The fourth-order valence-electron chi connectivity index (χ4n) is 4.71. The lowest BCUT2D eigenvalue weighted by atomic mass is 9.88. The van der Waals surface area contributed by atoms with Crippen LogP contribution in [0.15, 0.2) is 66.7 Å². The van der Waals surface area contributed by atoms with Gasteiger partial charge in [-0.15, -0.1) is 0 Å². The number of morpholine rings is 1. The van der Waals surface area contributed by atoms with Gasteiger partial charge in [-0.1, -0.05) is 78.5 Å². The van der Waals surface area contributed by atoms with E-state index in [4.69, 9.17) is 45.3 Å². The molecular weight excluding hydrogens is 538 g/mol. The standard InChI is InChI=1S/C28H26Cl3FN2O3/c1-2-3-23(27(33)35)34-25(17-6-9-19(29)10-7-17)26(18-8-13-21(30)22(31)15-18)37-24(28(34)36)14-16-4-11-20(32)12-5-16/h4-13,15,23-26H,2-3,14H2,1H3,(H2,33,35)/t23-,24-,25+,26-/m0/s1. The first-order chi connectivity index (χ1) is 17.7. The predicted octanol–water partition coefficient (Wildman–Crippen LogP) is 6.69. The van der Waals surface area contributed by atoms with Gasteiger partial charge in [-0.05, 0) is 59.5 Å². The van der Waals surface area contributed by atoms with Crippen molar-refractivity contribution in [3.8, 4) is 0 Å². The van der Waals surface area contributed by atoms with E-state index in [0.29, 0.717) is 39.0 Å². The van der Waals surface area contributed by atoms with E-state index < -0.39 is 30.2 Å². The van der Waals surface area contributed by atoms with Gasteiger partial charge in [0.25, 0.3) is 5.91 Å². The van der Waals surface area contributed by atoms with E-state index in [2.05, 4.69) is 0 Å². The minimum atomic E-state index is -0.952. The molecule has 0 spiro atoms. The molecule has 4 rings (SSSR count). The van der Waals surface area contributed by atoms with Gasteiger partial charge < -0.3 is 15.4 Å². The zero-order chi connectivity index (χ0) is 26.7. The number of carbonyl (C=O) groups is 2. The molecule has 5 nitrogen and oxygen atoms in total. The van der Waals surface area contributed by atoms with Crippen molar-refractivity contribution in [2.75, 3.05) is 0 Å². The predicted molar refractivity (Wildman–Crippen MR) is 143 cm³/mol. The van der Waals surface area contributed by atoms with Crippen molar-refractivity contribution in [3.05, 3.63) is 104 Å². The fourth-order valence-corrected chi connectivity index (χ4v) is 5.15. The number of rotatable bonds is 8. The van der Waals surface area contributed by atoms with E-state index in [1.165, 1.54) is 12.1 Å². The maximum Gasteiger partial charge on any atom is 0.253 e. The lowest BCUT2D eigenvalue weighted by Gasteiger charge is -2.47. The summed E-state index contributed by atoms with van der Waals surface area (Å²) < 4.78 is 20.0. The first-order valence-electron chi connectivity index (χ1n) is 11.9. The third-order valence-corrected chi connectivity index (χ3v) is 7.46. The Hall–Kier alpha value is -2.64. The molecular formula is C28H26Cl3FN2O3. The highest BCUT2D eigenvalue weighted by Gasteiger charge is 2.48. The van der Waals surface area contributed by atoms with Crippen molar-refractivity contribution in [1.82, 2.24) is 4.90 Å². The molecule has 1 saturated heterocycles. The topological polar surface area (TPSA) is 72.6 Å². The molecule has 0 bridgehead atoms. The molecule has 0 aromatic heterocycles. The maximum absolute atomic E-state index is 14.0. The summed E-state index contributed by atoms with van der Waals surface area (Å²) in [7, 11) is 0. The summed E-state index contributed by atoms with van der Waals surface area (Å²) in [5, 5.41) is 1.23. The van der Waals surface area contributed by atoms with Crippen LogP contribution in [0.25, 0.3) is 0 Å². The summed E-state index contributed by atoms with van der Waals surface area (Å²) in [4.78, 5) is 28.2. The fraction of sp³-hybridized carbons (Fsp3) is 0.286. The van der Waals surface area contributed by atoms with Crippen molar-refractivity contribution in [2.45, 2.75) is 50.5 Å². The minimum absolute atomic E-state index is 0.179. The summed E-state index contributed by atoms with van der Waals surface area (Å²) in [6, 6.07) is 16.5. The highest BCUT2D eigenvalue weighted by molar-refractivity contribution is 6.42. The van der Waals surface area contributed by atoms with Crippen molar-refractivity contribution >= 4 is 46.6 Å². The smallest absolute Gasteiger partial charge is 0.253 e. The molecule has 1 heterocycles. The Bertz CT molecular complexity index is 1270. The van der Waals surface area contributed by atoms with E-state index in [1.807, 2.05) is 6.92 Å². The first-order valence-corrected chi connectivity index (χ1v) is 13.0. The number of nitrogens with zero attached hydrogens (tertiary/aromatic N) is 1. The Balaban J connectivity index is 1.87. The molecule has 0 unspecified atom stereocenters. The molecule has 1 fully saturated rings. The van der Waals surface area contributed by atoms with Crippen LogP contribution >= 0.6 is 34.8 Å². The summed E-state index contributed by atoms with van der Waals surface area (Å²) >= 11 is 18.7. The molecule has 0 saturated carbocycles. The van der Waals surface area contributed by atoms with Crippen LogP contribution in [-0.2, 0) is 20.7 Å². The second-order valence-corrected chi connectivity index (χ2v) is 10.2. The summed E-state index contributed by atoms with van der Waals surface area (Å²) in [6.07, 6.45) is -0.475. The molecule has 4 atom stereocenters. The van der Waals surface area contributed by atoms with Crippen molar-refractivity contribution in [2.24, 2.45) is 5.73 Å². The van der Waals surface area contributed by atoms with Gasteiger partial charge in [-0.2, -0.15) is 0 Å². The second-order valence-electron chi connectivity index (χ2n) is 9.00. The molecule has 194 valence electrons. The average molecular weight is 564 g/mol. The van der Waals surface area contributed by atoms with Crippen molar-refractivity contribution in [3.63, 3.8) is 0 Å². The third-order valence-electron chi connectivity index (χ3n) is 6.47. The first kappa shape index (κ1) is 27.4. The summed E-state index contributed by atoms with van der Waals surface area (Å²) in [6.45, 7) is 1.92. The number of halogens is 4. The molecule has 37 heavy (non-hydrogen) atoms. The molecule has 1 aliphatic heterocycles. The lowest BCUT2D eigenvalue weighted by molar-refractivity contribution is -0.181. The molecule has 3 aromatic rings. The van der Waals surface area contributed by atoms with Crippen LogP contribution in [0, 0.1) is 5.82 Å². The number of benzene rings is 3. The van der Waals surface area contributed by atoms with Crippen LogP contribution in [0.3, 0.4) is 0 Å². The number of hydrogen-bond donors (Lipinski definition) is 1. The van der Waals surface area contributed by atoms with Crippen LogP contribution in [0.5, 0.6) is 0 Å². The van der Waals surface area contributed by atoms with E-state index >= 15 is 0 Å². The van der Waals surface area contributed by atoms with Crippen LogP contribution in [0.1, 0.15) is 48.6 Å². The number of primary amides is 1. The van der Waals surface area contributed by atoms with Crippen LogP contribution < -0.4 is 5.73 Å². The number of nitrogens with two attached hydrogens (primary N) is 1. The van der Waals surface area contributed by atoms with E-state index in [-0.39, 0.29) is 18.1 Å². The Morgan fingerprint density at radius 3 is 2.24 bits per heavy atom. The molecule has 0 radical (unpaired) electrons. The normalized spacial score (nSPS) is 20.6. The van der Waals surface area contributed by atoms with Gasteiger partial charge in [0.2, 0.25) is 5.91 Å². The zero-order valence-electron chi connectivity index (χ0n) is 20.0. The maximum atomic E-state index is 14.0. The number of amides is 2. The number of carbonyl (C=O) groups excluding carboxylic acids is 2. The Morgan fingerprint density at radius 2 is 1.65 bits per heavy atom. The summed E-state index contributed by atoms with van der Waals surface area (Å²) in [5.41, 5.74) is 7.96. The molecule has 2 amide bonds. The quantitative estimate of drug-likeness (QED) is 0.332. The lowest BCUT2D eigenvalue weighted by Crippen LogP contribution is -2.58. The van der Waals surface area contributed by atoms with Gasteiger partial charge in [-0.25, -0.2) is 4.39 Å². The van der Waals surface area contributed by atoms with Gasteiger partial charge in [0.1, 0.15) is 24.1 Å². The highest BCUT2D eigenvalue weighted by Crippen LogP contribution is 2.45. The van der Waals surface area contributed by atoms with Crippen LogP contribution in [0.2, 0.25) is 15.1 Å². The van der Waals surface area contributed by atoms with Crippen molar-refractivity contribution in [1.29, 1.82) is 0 Å². The number of ether oxygens (including phenoxy) is 1. The zero-order valence-corrected chi connectivity index (χ0v) is 22.3. The Kier molecular flexibility index (Phi) is 8.75.